The van der Waals surface area contributed by atoms with Crippen LogP contribution in [0.25, 0.3) is 0 Å². The van der Waals surface area contributed by atoms with Gasteiger partial charge in [0, 0.05) is 6.20 Å². The van der Waals surface area contributed by atoms with Gasteiger partial charge in [0.15, 0.2) is 4.86 Å². The van der Waals surface area contributed by atoms with Crippen LogP contribution in [-0.2, 0) is 17.8 Å². The monoisotopic (exact) mass is 294 g/mol. The Bertz CT molecular complexity index is 679. The van der Waals surface area contributed by atoms with Crippen LogP contribution in [0.2, 0.25) is 0 Å². The summed E-state index contributed by atoms with van der Waals surface area (Å²) in [5.41, 5.74) is 0.382. The first kappa shape index (κ1) is 14.0. The summed E-state index contributed by atoms with van der Waals surface area (Å²) in [5.74, 6) is -0.152. The minimum atomic E-state index is -0.613. The van der Waals surface area contributed by atoms with E-state index >= 15 is 0 Å². The van der Waals surface area contributed by atoms with Crippen LogP contribution in [0.3, 0.4) is 0 Å². The van der Waals surface area contributed by atoms with E-state index in [1.54, 1.807) is 18.2 Å². The molecule has 0 aliphatic heterocycles. The summed E-state index contributed by atoms with van der Waals surface area (Å²) < 4.78 is 12.5. The van der Waals surface area contributed by atoms with Crippen molar-refractivity contribution < 1.29 is 14.2 Å². The highest BCUT2D eigenvalue weighted by molar-refractivity contribution is 7.67. The molecule has 0 saturated heterocycles. The Labute approximate surface area is 116 Å². The van der Waals surface area contributed by atoms with Crippen molar-refractivity contribution >= 4 is 21.9 Å². The third-order valence-electron chi connectivity index (χ3n) is 2.53. The highest BCUT2D eigenvalue weighted by Crippen LogP contribution is 2.16. The quantitative estimate of drug-likeness (QED) is 0.358. The molecule has 0 fully saturated rings. The first-order valence-corrected chi connectivity index (χ1v) is 6.32. The Morgan fingerprint density at radius 3 is 2.80 bits per heavy atom. The zero-order valence-corrected chi connectivity index (χ0v) is 11.0. The summed E-state index contributed by atoms with van der Waals surface area (Å²) in [6.07, 6.45) is 2.57. The van der Waals surface area contributed by atoms with Crippen molar-refractivity contribution in [1.29, 1.82) is 0 Å². The summed E-state index contributed by atoms with van der Waals surface area (Å²) in [6, 6.07) is 5.01. The number of hydrogen-bond acceptors (Lipinski definition) is 6. The van der Waals surface area contributed by atoms with Gasteiger partial charge in [-0.1, -0.05) is 6.07 Å². The van der Waals surface area contributed by atoms with Gasteiger partial charge in [-0.2, -0.15) is 0 Å². The van der Waals surface area contributed by atoms with E-state index in [1.165, 1.54) is 10.8 Å². The Morgan fingerprint density at radius 2 is 2.25 bits per heavy atom. The van der Waals surface area contributed by atoms with Gasteiger partial charge in [-0.3, -0.25) is 4.98 Å². The Balaban J connectivity index is 2.57. The second-order valence-corrected chi connectivity index (χ2v) is 4.27. The number of hydrogen-bond donors (Lipinski definition) is 1. The molecule has 0 aliphatic carbocycles. The van der Waals surface area contributed by atoms with Crippen LogP contribution in [0.15, 0.2) is 30.6 Å². The van der Waals surface area contributed by atoms with Gasteiger partial charge in [0.05, 0.1) is 12.3 Å². The molecular formula is C11H10N4O4S. The number of aliphatic hydroxyl groups is 1. The first-order valence-electron chi connectivity index (χ1n) is 5.58. The lowest BCUT2D eigenvalue weighted by molar-refractivity contribution is -0.392. The van der Waals surface area contributed by atoms with Crippen LogP contribution in [0.4, 0.5) is 5.82 Å². The van der Waals surface area contributed by atoms with E-state index < -0.39 is 4.92 Å². The molecule has 20 heavy (non-hydrogen) atoms. The predicted octanol–water partition coefficient (Wildman–Crippen LogP) is -0.0396. The van der Waals surface area contributed by atoms with E-state index in [4.69, 9.17) is 5.11 Å². The van der Waals surface area contributed by atoms with E-state index in [1.807, 2.05) is 0 Å². The fraction of sp³-hybridized carbons (Fsp3) is 0.182. The zero-order valence-electron chi connectivity index (χ0n) is 10.2. The molecule has 0 unspecified atom stereocenters. The molecule has 0 saturated carbocycles. The SMILES string of the molecule is O=S=C(c1ccccn1)c1ncc([N+](=O)[O-])n1CCO. The van der Waals surface area contributed by atoms with Gasteiger partial charge >= 0.3 is 5.82 Å². The third-order valence-corrected chi connectivity index (χ3v) is 3.09. The molecule has 2 rings (SSSR count). The maximum Gasteiger partial charge on any atom is 0.343 e. The van der Waals surface area contributed by atoms with E-state index in [2.05, 4.69) is 9.97 Å². The highest BCUT2D eigenvalue weighted by atomic mass is 32.1. The summed E-state index contributed by atoms with van der Waals surface area (Å²) >= 11 is 0.158. The molecule has 0 aromatic carbocycles. The van der Waals surface area contributed by atoms with E-state index in [9.17, 15) is 14.3 Å². The molecule has 9 heteroatoms. The maximum atomic E-state index is 11.3. The standard InChI is InChI=1S/C11H10N4O4S/c16-6-5-14-9(15(17)18)7-13-11(14)10(20-19)8-3-1-2-4-12-8/h1-4,7,16H,5-6H2. The topological polar surface area (TPSA) is 111 Å². The van der Waals surface area contributed by atoms with Gasteiger partial charge in [-0.25, -0.2) is 13.8 Å². The van der Waals surface area contributed by atoms with Crippen molar-refractivity contribution in [2.45, 2.75) is 6.54 Å². The summed E-state index contributed by atoms with van der Waals surface area (Å²) in [5, 5.41) is 19.9. The number of imidazole rings is 1. The number of pyridine rings is 1. The molecule has 104 valence electrons. The average Bonchev–Trinajstić information content (AvgIpc) is 2.85. The van der Waals surface area contributed by atoms with Crippen LogP contribution in [0.5, 0.6) is 0 Å². The molecule has 2 heterocycles. The number of nitro groups is 1. The minimum Gasteiger partial charge on any atom is -0.392 e. The summed E-state index contributed by atoms with van der Waals surface area (Å²) in [4.78, 5) is 18.4. The number of aromatic nitrogens is 3. The van der Waals surface area contributed by atoms with Crippen LogP contribution < -0.4 is 0 Å². The van der Waals surface area contributed by atoms with Crippen LogP contribution in [0.1, 0.15) is 11.5 Å². The lowest BCUT2D eigenvalue weighted by Gasteiger charge is -2.03. The van der Waals surface area contributed by atoms with Crippen LogP contribution in [-0.4, -0.2) is 40.2 Å². The molecule has 0 radical (unpaired) electrons. The molecule has 0 amide bonds. The predicted molar refractivity (Wildman–Crippen MR) is 71.6 cm³/mol. The normalized spacial score (nSPS) is 10.2. The van der Waals surface area contributed by atoms with Crippen molar-refractivity contribution in [3.8, 4) is 0 Å². The lowest BCUT2D eigenvalue weighted by atomic mass is 10.2. The van der Waals surface area contributed by atoms with Gasteiger partial charge in [0.2, 0.25) is 5.82 Å². The smallest absolute Gasteiger partial charge is 0.343 e. The van der Waals surface area contributed by atoms with Crippen LogP contribution >= 0.6 is 0 Å². The molecule has 2 aromatic rings. The van der Waals surface area contributed by atoms with Crippen LogP contribution in [0, 0.1) is 10.1 Å². The molecule has 1 N–H and O–H groups in total. The second kappa shape index (κ2) is 6.17. The second-order valence-electron chi connectivity index (χ2n) is 3.70. The summed E-state index contributed by atoms with van der Waals surface area (Å²) in [7, 11) is 0. The van der Waals surface area contributed by atoms with Crippen molar-refractivity contribution in [2.75, 3.05) is 6.61 Å². The van der Waals surface area contributed by atoms with E-state index in [-0.39, 0.29) is 40.9 Å². The number of nitrogens with zero attached hydrogens (tertiary/aromatic N) is 4. The van der Waals surface area contributed by atoms with Gasteiger partial charge in [-0.15, -0.1) is 0 Å². The van der Waals surface area contributed by atoms with E-state index in [0.717, 1.165) is 6.20 Å². The van der Waals surface area contributed by atoms with Crippen molar-refractivity contribution in [1.82, 2.24) is 14.5 Å². The highest BCUT2D eigenvalue weighted by Gasteiger charge is 2.25. The lowest BCUT2D eigenvalue weighted by Crippen LogP contribution is -2.16. The third kappa shape index (κ3) is 2.63. The first-order chi connectivity index (χ1) is 9.69. The largest absolute Gasteiger partial charge is 0.392 e. The van der Waals surface area contributed by atoms with E-state index in [0.29, 0.717) is 5.69 Å². The average molecular weight is 294 g/mol. The molecule has 0 bridgehead atoms. The zero-order chi connectivity index (χ0) is 14.5. The minimum absolute atomic E-state index is 0.0253. The van der Waals surface area contributed by atoms with Crippen molar-refractivity contribution in [2.24, 2.45) is 0 Å². The number of aliphatic hydroxyl groups excluding tert-OH is 1. The molecule has 0 aliphatic rings. The molecule has 0 atom stereocenters. The fourth-order valence-electron chi connectivity index (χ4n) is 1.71. The molecule has 2 aromatic heterocycles. The summed E-state index contributed by atoms with van der Waals surface area (Å²) in [6.45, 7) is -0.328. The van der Waals surface area contributed by atoms with Gasteiger partial charge in [0.25, 0.3) is 0 Å². The van der Waals surface area contributed by atoms with Gasteiger partial charge in [0.1, 0.15) is 24.0 Å². The Morgan fingerprint density at radius 1 is 1.45 bits per heavy atom. The fourth-order valence-corrected chi connectivity index (χ4v) is 2.15. The molecule has 0 spiro atoms. The van der Waals surface area contributed by atoms with Crippen molar-refractivity contribution in [3.05, 3.63) is 52.2 Å². The van der Waals surface area contributed by atoms with Gasteiger partial charge < -0.3 is 15.2 Å². The maximum absolute atomic E-state index is 11.3. The molecule has 8 nitrogen and oxygen atoms in total. The number of rotatable bonds is 5. The van der Waals surface area contributed by atoms with Gasteiger partial charge in [-0.05, 0) is 17.1 Å². The van der Waals surface area contributed by atoms with Crippen molar-refractivity contribution in [3.63, 3.8) is 0 Å². The Kier molecular flexibility index (Phi) is 4.33. The Hall–Kier alpha value is -2.39. The molecular weight excluding hydrogens is 284 g/mol.